The largest absolute Gasteiger partial charge is 0.397 e. The summed E-state index contributed by atoms with van der Waals surface area (Å²) in [6.07, 6.45) is 1.89. The summed E-state index contributed by atoms with van der Waals surface area (Å²) in [7, 11) is 0. The summed E-state index contributed by atoms with van der Waals surface area (Å²) >= 11 is 7.37. The maximum absolute atomic E-state index is 12.7. The zero-order valence-corrected chi connectivity index (χ0v) is 13.1. The lowest BCUT2D eigenvalue weighted by atomic mass is 9.99. The van der Waals surface area contributed by atoms with E-state index in [-0.39, 0.29) is 18.4 Å². The maximum atomic E-state index is 12.7. The van der Waals surface area contributed by atoms with Crippen LogP contribution in [0, 0.1) is 5.92 Å². The molecule has 1 saturated heterocycles. The van der Waals surface area contributed by atoms with Crippen LogP contribution < -0.4 is 5.73 Å². The molecule has 0 radical (unpaired) electrons. The van der Waals surface area contributed by atoms with Gasteiger partial charge in [-0.1, -0.05) is 11.6 Å². The molecule has 21 heavy (non-hydrogen) atoms. The molecular weight excluding hydrogens is 308 g/mol. The van der Waals surface area contributed by atoms with Crippen molar-refractivity contribution < 1.29 is 9.90 Å². The van der Waals surface area contributed by atoms with Gasteiger partial charge in [-0.3, -0.25) is 4.79 Å². The number of benzene rings is 1. The molecule has 6 heteroatoms. The topological polar surface area (TPSA) is 66.6 Å². The second-order valence-corrected chi connectivity index (χ2v) is 6.92. The van der Waals surface area contributed by atoms with Crippen LogP contribution in [0.25, 0.3) is 10.1 Å². The lowest BCUT2D eigenvalue weighted by Crippen LogP contribution is -2.40. The summed E-state index contributed by atoms with van der Waals surface area (Å²) in [6.45, 7) is 1.45. The Morgan fingerprint density at radius 2 is 2.33 bits per heavy atom. The number of nitrogen functional groups attached to an aromatic ring is 1. The number of hydrogen-bond acceptors (Lipinski definition) is 4. The summed E-state index contributed by atoms with van der Waals surface area (Å²) in [5, 5.41) is 10.8. The number of carbonyl (C=O) groups excluding carboxylic acids is 1. The molecule has 3 rings (SSSR count). The van der Waals surface area contributed by atoms with Crippen molar-refractivity contribution in [2.45, 2.75) is 12.8 Å². The molecule has 4 nitrogen and oxygen atoms in total. The third-order valence-electron chi connectivity index (χ3n) is 3.95. The molecule has 1 atom stereocenters. The molecular formula is C15H17ClN2O2S. The van der Waals surface area contributed by atoms with Crippen LogP contribution in [-0.4, -0.2) is 35.6 Å². The number of nitrogens with zero attached hydrogens (tertiary/aromatic N) is 1. The number of thiophene rings is 1. The van der Waals surface area contributed by atoms with Crippen LogP contribution >= 0.6 is 22.9 Å². The predicted molar refractivity (Wildman–Crippen MR) is 87.0 cm³/mol. The Bertz CT molecular complexity index is 686. The molecule has 3 N–H and O–H groups in total. The van der Waals surface area contributed by atoms with Crippen molar-refractivity contribution in [3.8, 4) is 0 Å². The standard InChI is InChI=1S/C15H17ClN2O2S/c16-10-3-4-11-12(6-10)21-14(13(11)17)15(20)18-5-1-2-9(7-18)8-19/h3-4,6,9,19H,1-2,5,7-8,17H2. The molecule has 1 fully saturated rings. The Labute approximate surface area is 132 Å². The number of amides is 1. The van der Waals surface area contributed by atoms with Crippen LogP contribution in [0.5, 0.6) is 0 Å². The smallest absolute Gasteiger partial charge is 0.266 e. The van der Waals surface area contributed by atoms with Gasteiger partial charge >= 0.3 is 0 Å². The lowest BCUT2D eigenvalue weighted by molar-refractivity contribution is 0.0626. The van der Waals surface area contributed by atoms with E-state index in [2.05, 4.69) is 0 Å². The number of anilines is 1. The highest BCUT2D eigenvalue weighted by Gasteiger charge is 2.27. The Hall–Kier alpha value is -1.30. The first-order valence-electron chi connectivity index (χ1n) is 6.98. The maximum Gasteiger partial charge on any atom is 0.266 e. The molecule has 0 aliphatic carbocycles. The minimum Gasteiger partial charge on any atom is -0.397 e. The second kappa shape index (κ2) is 5.83. The molecule has 1 unspecified atom stereocenters. The number of hydrogen-bond donors (Lipinski definition) is 2. The van der Waals surface area contributed by atoms with Crippen LogP contribution in [-0.2, 0) is 0 Å². The van der Waals surface area contributed by atoms with Crippen LogP contribution in [0.15, 0.2) is 18.2 Å². The predicted octanol–water partition coefficient (Wildman–Crippen LogP) is 2.98. The number of nitrogens with two attached hydrogens (primary N) is 1. The average molecular weight is 325 g/mol. The first-order chi connectivity index (χ1) is 10.1. The van der Waals surface area contributed by atoms with Crippen molar-refractivity contribution in [2.75, 3.05) is 25.4 Å². The molecule has 1 aliphatic rings. The quantitative estimate of drug-likeness (QED) is 0.892. The van der Waals surface area contributed by atoms with E-state index in [0.29, 0.717) is 22.1 Å². The fourth-order valence-electron chi connectivity index (χ4n) is 2.79. The fourth-order valence-corrected chi connectivity index (χ4v) is 4.16. The average Bonchev–Trinajstić information content (AvgIpc) is 2.83. The Morgan fingerprint density at radius 1 is 1.52 bits per heavy atom. The number of aliphatic hydroxyl groups is 1. The lowest BCUT2D eigenvalue weighted by Gasteiger charge is -2.31. The van der Waals surface area contributed by atoms with Gasteiger partial charge in [-0.05, 0) is 37.0 Å². The summed E-state index contributed by atoms with van der Waals surface area (Å²) in [4.78, 5) is 15.1. The number of fused-ring (bicyclic) bond motifs is 1. The molecule has 1 aromatic carbocycles. The molecule has 1 aliphatic heterocycles. The number of likely N-dealkylation sites (tertiary alicyclic amines) is 1. The molecule has 0 saturated carbocycles. The van der Waals surface area contributed by atoms with Gasteiger partial charge in [0.05, 0.1) is 5.69 Å². The van der Waals surface area contributed by atoms with E-state index >= 15 is 0 Å². The molecule has 1 aromatic heterocycles. The summed E-state index contributed by atoms with van der Waals surface area (Å²) in [5.74, 6) is 0.135. The molecule has 2 heterocycles. The van der Waals surface area contributed by atoms with Crippen LogP contribution in [0.2, 0.25) is 5.02 Å². The monoisotopic (exact) mass is 324 g/mol. The van der Waals surface area contributed by atoms with Crippen molar-refractivity contribution in [1.29, 1.82) is 0 Å². The van der Waals surface area contributed by atoms with Gasteiger partial charge in [0.15, 0.2) is 0 Å². The minimum atomic E-state index is -0.0389. The van der Waals surface area contributed by atoms with Gasteiger partial charge in [0.1, 0.15) is 4.88 Å². The van der Waals surface area contributed by atoms with Crippen molar-refractivity contribution in [3.05, 3.63) is 28.1 Å². The SMILES string of the molecule is Nc1c(C(=O)N2CCCC(CO)C2)sc2cc(Cl)ccc12. The fraction of sp³-hybridized carbons (Fsp3) is 0.400. The highest BCUT2D eigenvalue weighted by atomic mass is 35.5. The number of aliphatic hydroxyl groups excluding tert-OH is 1. The first kappa shape index (κ1) is 14.6. The molecule has 112 valence electrons. The van der Waals surface area contributed by atoms with Gasteiger partial charge in [0, 0.05) is 34.8 Å². The van der Waals surface area contributed by atoms with E-state index in [1.54, 1.807) is 11.0 Å². The summed E-state index contributed by atoms with van der Waals surface area (Å²) in [5.41, 5.74) is 6.66. The Morgan fingerprint density at radius 3 is 3.10 bits per heavy atom. The van der Waals surface area contributed by atoms with Gasteiger partial charge in [-0.25, -0.2) is 0 Å². The second-order valence-electron chi connectivity index (χ2n) is 5.43. The van der Waals surface area contributed by atoms with E-state index < -0.39 is 0 Å². The van der Waals surface area contributed by atoms with Crippen molar-refractivity contribution >= 4 is 44.6 Å². The van der Waals surface area contributed by atoms with Gasteiger partial charge in [0.25, 0.3) is 5.91 Å². The van der Waals surface area contributed by atoms with Gasteiger partial charge < -0.3 is 15.7 Å². The van der Waals surface area contributed by atoms with E-state index in [9.17, 15) is 9.90 Å². The molecule has 2 aromatic rings. The van der Waals surface area contributed by atoms with E-state index in [1.807, 2.05) is 12.1 Å². The van der Waals surface area contributed by atoms with Crippen LogP contribution in [0.4, 0.5) is 5.69 Å². The van der Waals surface area contributed by atoms with E-state index in [0.717, 1.165) is 29.5 Å². The zero-order chi connectivity index (χ0) is 15.0. The van der Waals surface area contributed by atoms with Crippen molar-refractivity contribution in [1.82, 2.24) is 4.90 Å². The van der Waals surface area contributed by atoms with Gasteiger partial charge in [0.2, 0.25) is 0 Å². The molecule has 1 amide bonds. The zero-order valence-electron chi connectivity index (χ0n) is 11.5. The first-order valence-corrected chi connectivity index (χ1v) is 8.17. The summed E-state index contributed by atoms with van der Waals surface area (Å²) < 4.78 is 0.930. The molecule has 0 bridgehead atoms. The number of carbonyl (C=O) groups is 1. The van der Waals surface area contributed by atoms with E-state index in [4.69, 9.17) is 17.3 Å². The third kappa shape index (κ3) is 2.73. The highest BCUT2D eigenvalue weighted by Crippen LogP contribution is 2.36. The Balaban J connectivity index is 1.92. The third-order valence-corrected chi connectivity index (χ3v) is 5.34. The highest BCUT2D eigenvalue weighted by molar-refractivity contribution is 7.21. The van der Waals surface area contributed by atoms with Gasteiger partial charge in [-0.15, -0.1) is 11.3 Å². The van der Waals surface area contributed by atoms with Crippen molar-refractivity contribution in [2.24, 2.45) is 5.92 Å². The number of halogens is 1. The number of rotatable bonds is 2. The minimum absolute atomic E-state index is 0.0389. The van der Waals surface area contributed by atoms with Crippen molar-refractivity contribution in [3.63, 3.8) is 0 Å². The normalized spacial score (nSPS) is 19.1. The van der Waals surface area contributed by atoms with E-state index in [1.165, 1.54) is 11.3 Å². The summed E-state index contributed by atoms with van der Waals surface area (Å²) in [6, 6.07) is 5.47. The Kier molecular flexibility index (Phi) is 4.06. The molecule has 0 spiro atoms. The van der Waals surface area contributed by atoms with Gasteiger partial charge in [-0.2, -0.15) is 0 Å². The number of piperidine rings is 1. The van der Waals surface area contributed by atoms with Crippen LogP contribution in [0.1, 0.15) is 22.5 Å². The van der Waals surface area contributed by atoms with Crippen LogP contribution in [0.3, 0.4) is 0 Å².